The second kappa shape index (κ2) is 5.41. The molecule has 2 aromatic rings. The maximum atomic E-state index is 10.2. The highest BCUT2D eigenvalue weighted by atomic mass is 16.3. The van der Waals surface area contributed by atoms with E-state index in [2.05, 4.69) is 30.4 Å². The largest absolute Gasteiger partial charge is 0.388 e. The van der Waals surface area contributed by atoms with Crippen LogP contribution < -0.4 is 5.32 Å². The molecule has 0 atom stereocenters. The topological polar surface area (TPSA) is 45.1 Å². The zero-order valence-corrected chi connectivity index (χ0v) is 12.0. The first-order valence-electron chi connectivity index (χ1n) is 7.55. The number of pyridine rings is 1. The highest BCUT2D eigenvalue weighted by Crippen LogP contribution is 2.32. The number of hydrogen-bond acceptors (Lipinski definition) is 3. The third kappa shape index (κ3) is 2.63. The summed E-state index contributed by atoms with van der Waals surface area (Å²) in [5, 5.41) is 14.8. The van der Waals surface area contributed by atoms with Gasteiger partial charge in [-0.05, 0) is 37.8 Å². The average Bonchev–Trinajstić information content (AvgIpc) is 2.43. The molecule has 2 N–H and O–H groups in total. The number of anilines is 1. The number of fused-ring (bicyclic) bond motifs is 1. The summed E-state index contributed by atoms with van der Waals surface area (Å²) in [6.07, 6.45) is 5.03. The van der Waals surface area contributed by atoms with Gasteiger partial charge >= 0.3 is 0 Å². The molecule has 0 saturated heterocycles. The maximum Gasteiger partial charge on any atom is 0.0819 e. The number of hydrogen-bond donors (Lipinski definition) is 2. The summed E-state index contributed by atoms with van der Waals surface area (Å²) < 4.78 is 0. The number of nitrogens with one attached hydrogen (secondary N) is 1. The molecule has 1 aliphatic rings. The van der Waals surface area contributed by atoms with Gasteiger partial charge in [0.25, 0.3) is 0 Å². The molecule has 1 saturated carbocycles. The predicted molar refractivity (Wildman–Crippen MR) is 83.0 cm³/mol. The fraction of sp³-hybridized carbons (Fsp3) is 0.471. The first kappa shape index (κ1) is 13.4. The van der Waals surface area contributed by atoms with Gasteiger partial charge in [-0.25, -0.2) is 0 Å². The molecule has 0 spiro atoms. The van der Waals surface area contributed by atoms with Crippen LogP contribution in [0.15, 0.2) is 30.3 Å². The minimum Gasteiger partial charge on any atom is -0.388 e. The lowest BCUT2D eigenvalue weighted by Crippen LogP contribution is -2.43. The van der Waals surface area contributed by atoms with Crippen LogP contribution in [-0.2, 0) is 6.42 Å². The molecule has 1 aliphatic carbocycles. The van der Waals surface area contributed by atoms with Crippen molar-refractivity contribution < 1.29 is 5.11 Å². The molecule has 0 radical (unpaired) electrons. The summed E-state index contributed by atoms with van der Waals surface area (Å²) in [6.45, 7) is 2.80. The van der Waals surface area contributed by atoms with Crippen molar-refractivity contribution in [3.05, 3.63) is 36.0 Å². The van der Waals surface area contributed by atoms with E-state index in [0.717, 1.165) is 54.4 Å². The Morgan fingerprint density at radius 1 is 1.30 bits per heavy atom. The molecule has 3 heteroatoms. The minimum absolute atomic E-state index is 0.505. The normalized spacial score (nSPS) is 16.9. The molecule has 20 heavy (non-hydrogen) atoms. The van der Waals surface area contributed by atoms with Gasteiger partial charge in [0.05, 0.1) is 11.1 Å². The third-order valence-electron chi connectivity index (χ3n) is 4.17. The molecule has 1 aromatic heterocycles. The molecule has 0 unspecified atom stereocenters. The number of para-hydroxylation sites is 1. The van der Waals surface area contributed by atoms with Crippen molar-refractivity contribution in [2.45, 2.75) is 44.6 Å². The predicted octanol–water partition coefficient (Wildman–Crippen LogP) is 3.51. The lowest BCUT2D eigenvalue weighted by molar-refractivity contribution is -0.0201. The molecule has 0 bridgehead atoms. The highest BCUT2D eigenvalue weighted by molar-refractivity contribution is 5.91. The van der Waals surface area contributed by atoms with Crippen molar-refractivity contribution in [1.82, 2.24) is 4.98 Å². The van der Waals surface area contributed by atoms with Crippen LogP contribution in [0.25, 0.3) is 10.9 Å². The second-order valence-corrected chi connectivity index (χ2v) is 5.86. The molecule has 3 rings (SSSR count). The van der Waals surface area contributed by atoms with Crippen molar-refractivity contribution in [2.75, 3.05) is 11.9 Å². The fourth-order valence-corrected chi connectivity index (χ4v) is 2.78. The number of benzene rings is 1. The van der Waals surface area contributed by atoms with Crippen LogP contribution >= 0.6 is 0 Å². The number of aryl methyl sites for hydroxylation is 1. The zero-order valence-electron chi connectivity index (χ0n) is 12.0. The molecule has 0 aliphatic heterocycles. The lowest BCUT2D eigenvalue weighted by atomic mass is 9.80. The van der Waals surface area contributed by atoms with E-state index in [1.165, 1.54) is 0 Å². The Labute approximate surface area is 120 Å². The lowest BCUT2D eigenvalue weighted by Gasteiger charge is -2.37. The van der Waals surface area contributed by atoms with Crippen LogP contribution in [-0.4, -0.2) is 22.2 Å². The van der Waals surface area contributed by atoms with Gasteiger partial charge in [-0.15, -0.1) is 0 Å². The second-order valence-electron chi connectivity index (χ2n) is 5.86. The molecule has 106 valence electrons. The van der Waals surface area contributed by atoms with Crippen LogP contribution in [0.5, 0.6) is 0 Å². The van der Waals surface area contributed by atoms with Crippen molar-refractivity contribution >= 4 is 16.6 Å². The smallest absolute Gasteiger partial charge is 0.0819 e. The molecule has 1 fully saturated rings. The highest BCUT2D eigenvalue weighted by Gasteiger charge is 2.34. The van der Waals surface area contributed by atoms with Gasteiger partial charge in [0, 0.05) is 23.3 Å². The van der Waals surface area contributed by atoms with E-state index in [1.807, 2.05) is 12.1 Å². The van der Waals surface area contributed by atoms with Crippen molar-refractivity contribution in [3.8, 4) is 0 Å². The number of aliphatic hydroxyl groups is 1. The SMILES string of the molecule is CCCc1cc(NCC2(O)CCC2)c2ccccc2n1. The van der Waals surface area contributed by atoms with Crippen LogP contribution in [0, 0.1) is 0 Å². The van der Waals surface area contributed by atoms with Gasteiger partial charge < -0.3 is 10.4 Å². The summed E-state index contributed by atoms with van der Waals surface area (Å²) in [6, 6.07) is 10.3. The quantitative estimate of drug-likeness (QED) is 0.874. The summed E-state index contributed by atoms with van der Waals surface area (Å²) in [5.74, 6) is 0. The first-order valence-corrected chi connectivity index (χ1v) is 7.55. The number of nitrogens with zero attached hydrogens (tertiary/aromatic N) is 1. The average molecular weight is 270 g/mol. The van der Waals surface area contributed by atoms with Crippen LogP contribution in [0.3, 0.4) is 0 Å². The molecule has 0 amide bonds. The first-order chi connectivity index (χ1) is 9.70. The van der Waals surface area contributed by atoms with E-state index < -0.39 is 5.60 Å². The summed E-state index contributed by atoms with van der Waals surface area (Å²) in [7, 11) is 0. The fourth-order valence-electron chi connectivity index (χ4n) is 2.78. The Morgan fingerprint density at radius 2 is 2.10 bits per heavy atom. The van der Waals surface area contributed by atoms with E-state index >= 15 is 0 Å². The van der Waals surface area contributed by atoms with Crippen molar-refractivity contribution in [1.29, 1.82) is 0 Å². The monoisotopic (exact) mass is 270 g/mol. The van der Waals surface area contributed by atoms with E-state index in [-0.39, 0.29) is 0 Å². The van der Waals surface area contributed by atoms with E-state index in [4.69, 9.17) is 4.98 Å². The Bertz CT molecular complexity index is 605. The van der Waals surface area contributed by atoms with E-state index in [0.29, 0.717) is 6.54 Å². The van der Waals surface area contributed by atoms with Gasteiger partial charge in [-0.3, -0.25) is 4.98 Å². The molecular weight excluding hydrogens is 248 g/mol. The molecule has 3 nitrogen and oxygen atoms in total. The molecular formula is C17H22N2O. The van der Waals surface area contributed by atoms with Gasteiger partial charge in [0.15, 0.2) is 0 Å². The summed E-state index contributed by atoms with van der Waals surface area (Å²) >= 11 is 0. The molecule has 1 heterocycles. The number of rotatable bonds is 5. The van der Waals surface area contributed by atoms with Crippen LogP contribution in [0.2, 0.25) is 0 Å². The maximum absolute atomic E-state index is 10.2. The Morgan fingerprint density at radius 3 is 2.80 bits per heavy atom. The van der Waals surface area contributed by atoms with Gasteiger partial charge in [-0.1, -0.05) is 31.5 Å². The van der Waals surface area contributed by atoms with Crippen molar-refractivity contribution in [3.63, 3.8) is 0 Å². The van der Waals surface area contributed by atoms with Gasteiger partial charge in [-0.2, -0.15) is 0 Å². The van der Waals surface area contributed by atoms with Crippen LogP contribution in [0.4, 0.5) is 5.69 Å². The van der Waals surface area contributed by atoms with Crippen LogP contribution in [0.1, 0.15) is 38.3 Å². The van der Waals surface area contributed by atoms with E-state index in [1.54, 1.807) is 0 Å². The van der Waals surface area contributed by atoms with E-state index in [9.17, 15) is 5.11 Å². The summed E-state index contributed by atoms with van der Waals surface area (Å²) in [5.41, 5.74) is 2.74. The zero-order chi connectivity index (χ0) is 14.0. The molecule has 1 aromatic carbocycles. The summed E-state index contributed by atoms with van der Waals surface area (Å²) in [4.78, 5) is 4.70. The van der Waals surface area contributed by atoms with Crippen molar-refractivity contribution in [2.24, 2.45) is 0 Å². The number of aromatic nitrogens is 1. The van der Waals surface area contributed by atoms with Gasteiger partial charge in [0.2, 0.25) is 0 Å². The Kier molecular flexibility index (Phi) is 3.62. The Balaban J connectivity index is 1.90. The Hall–Kier alpha value is -1.61. The minimum atomic E-state index is -0.505. The van der Waals surface area contributed by atoms with Gasteiger partial charge in [0.1, 0.15) is 0 Å². The standard InChI is InChI=1S/C17H22N2O/c1-2-6-13-11-16(18-12-17(20)9-5-10-17)14-7-3-4-8-15(14)19-13/h3-4,7-8,11,20H,2,5-6,9-10,12H2,1H3,(H,18,19). The third-order valence-corrected chi connectivity index (χ3v) is 4.17.